The van der Waals surface area contributed by atoms with Crippen LogP contribution in [0.25, 0.3) is 0 Å². The zero-order valence-corrected chi connectivity index (χ0v) is 11.2. The van der Waals surface area contributed by atoms with Crippen LogP contribution in [0.2, 0.25) is 0 Å². The molecule has 1 aliphatic heterocycles. The molecule has 1 saturated heterocycles. The molecule has 1 heterocycles. The van der Waals surface area contributed by atoms with E-state index in [1.165, 1.54) is 30.8 Å². The molecule has 0 bridgehead atoms. The summed E-state index contributed by atoms with van der Waals surface area (Å²) in [6.45, 7) is 7.28. The van der Waals surface area contributed by atoms with E-state index in [2.05, 4.69) is 44.3 Å². The molecule has 82 valence electrons. The average Bonchev–Trinajstić information content (AvgIpc) is 2.52. The first-order valence-electron chi connectivity index (χ1n) is 5.92. The molecular weight excluding hydrogens is 208 g/mol. The summed E-state index contributed by atoms with van der Waals surface area (Å²) in [7, 11) is 0. The van der Waals surface area contributed by atoms with Crippen LogP contribution in [0.3, 0.4) is 0 Å². The fourth-order valence-corrected chi connectivity index (χ4v) is 7.27. The highest BCUT2D eigenvalue weighted by atomic mass is 32.2. The molecular formula is C12H22S2. The van der Waals surface area contributed by atoms with Crippen molar-refractivity contribution < 1.29 is 0 Å². The maximum Gasteiger partial charge on any atom is 0.0644 e. The van der Waals surface area contributed by atoms with E-state index >= 15 is 0 Å². The maximum absolute atomic E-state index is 2.44. The first-order chi connectivity index (χ1) is 6.64. The summed E-state index contributed by atoms with van der Waals surface area (Å²) < 4.78 is 0.617. The molecule has 0 aromatic carbocycles. The third kappa shape index (κ3) is 1.97. The third-order valence-electron chi connectivity index (χ3n) is 3.75. The van der Waals surface area contributed by atoms with Crippen molar-refractivity contribution in [3.05, 3.63) is 0 Å². The van der Waals surface area contributed by atoms with E-state index in [4.69, 9.17) is 0 Å². The molecule has 0 radical (unpaired) electrons. The molecule has 0 aromatic heterocycles. The van der Waals surface area contributed by atoms with Crippen molar-refractivity contribution in [2.24, 2.45) is 17.8 Å². The summed E-state index contributed by atoms with van der Waals surface area (Å²) in [4.78, 5) is 0. The Morgan fingerprint density at radius 2 is 1.79 bits per heavy atom. The first-order valence-corrected chi connectivity index (χ1v) is 7.89. The molecule has 14 heavy (non-hydrogen) atoms. The minimum atomic E-state index is 0.617. The maximum atomic E-state index is 2.44. The van der Waals surface area contributed by atoms with Crippen LogP contribution in [0.1, 0.15) is 40.0 Å². The Kier molecular flexibility index (Phi) is 3.43. The molecule has 2 fully saturated rings. The Balaban J connectivity index is 2.14. The van der Waals surface area contributed by atoms with Gasteiger partial charge in [0.1, 0.15) is 0 Å². The number of thioether (sulfide) groups is 2. The van der Waals surface area contributed by atoms with Gasteiger partial charge in [0.05, 0.1) is 4.08 Å². The summed E-state index contributed by atoms with van der Waals surface area (Å²) in [5, 5.41) is 0. The molecule has 2 atom stereocenters. The molecule has 0 amide bonds. The molecule has 1 saturated carbocycles. The van der Waals surface area contributed by atoms with E-state index in [1.54, 1.807) is 0 Å². The van der Waals surface area contributed by atoms with Crippen molar-refractivity contribution in [1.29, 1.82) is 0 Å². The molecule has 1 spiro atoms. The fraction of sp³-hybridized carbons (Fsp3) is 1.00. The lowest BCUT2D eigenvalue weighted by atomic mass is 9.76. The lowest BCUT2D eigenvalue weighted by Crippen LogP contribution is -2.38. The van der Waals surface area contributed by atoms with Crippen LogP contribution in [0, 0.1) is 17.8 Å². The van der Waals surface area contributed by atoms with Gasteiger partial charge in [-0.25, -0.2) is 0 Å². The molecule has 0 aromatic rings. The van der Waals surface area contributed by atoms with Crippen LogP contribution in [0.5, 0.6) is 0 Å². The first kappa shape index (κ1) is 11.2. The Labute approximate surface area is 97.0 Å². The molecule has 0 N–H and O–H groups in total. The third-order valence-corrected chi connectivity index (χ3v) is 7.45. The standard InChI is InChI=1S/C12H22S2/c1-9(2)11-5-4-10(3)8-12(11)13-6-7-14-12/h9-11H,4-8H2,1-3H3/t10-,11?/m1/s1. The van der Waals surface area contributed by atoms with Gasteiger partial charge >= 0.3 is 0 Å². The smallest absolute Gasteiger partial charge is 0.0644 e. The van der Waals surface area contributed by atoms with Crippen molar-refractivity contribution in [3.63, 3.8) is 0 Å². The SMILES string of the molecule is CC(C)C1CC[C@@H](C)CC12SCCS2. The molecule has 2 aliphatic rings. The van der Waals surface area contributed by atoms with Crippen LogP contribution in [0.15, 0.2) is 0 Å². The average molecular weight is 230 g/mol. The van der Waals surface area contributed by atoms with Gasteiger partial charge in [-0.1, -0.05) is 27.2 Å². The summed E-state index contributed by atoms with van der Waals surface area (Å²) >= 11 is 4.54. The second-order valence-corrected chi connectivity index (χ2v) is 8.36. The van der Waals surface area contributed by atoms with Gasteiger partial charge in [0.2, 0.25) is 0 Å². The van der Waals surface area contributed by atoms with Gasteiger partial charge in [0, 0.05) is 11.5 Å². The van der Waals surface area contributed by atoms with Gasteiger partial charge in [0.25, 0.3) is 0 Å². The Morgan fingerprint density at radius 1 is 1.14 bits per heavy atom. The van der Waals surface area contributed by atoms with Gasteiger partial charge in [-0.3, -0.25) is 0 Å². The van der Waals surface area contributed by atoms with Gasteiger partial charge in [-0.05, 0) is 30.6 Å². The normalized spacial score (nSPS) is 36.9. The molecule has 2 rings (SSSR count). The largest absolute Gasteiger partial charge is 0.143 e. The van der Waals surface area contributed by atoms with E-state index in [1.807, 2.05) is 0 Å². The van der Waals surface area contributed by atoms with Crippen molar-refractivity contribution in [3.8, 4) is 0 Å². The predicted octanol–water partition coefficient (Wildman–Crippen LogP) is 4.25. The fourth-order valence-electron chi connectivity index (χ4n) is 3.07. The summed E-state index contributed by atoms with van der Waals surface area (Å²) in [5.74, 6) is 5.58. The lowest BCUT2D eigenvalue weighted by molar-refractivity contribution is 0.228. The molecule has 2 heteroatoms. The summed E-state index contributed by atoms with van der Waals surface area (Å²) in [5.41, 5.74) is 0. The number of rotatable bonds is 1. The van der Waals surface area contributed by atoms with E-state index in [0.29, 0.717) is 4.08 Å². The van der Waals surface area contributed by atoms with Crippen molar-refractivity contribution >= 4 is 23.5 Å². The van der Waals surface area contributed by atoms with Crippen LogP contribution in [0.4, 0.5) is 0 Å². The van der Waals surface area contributed by atoms with Crippen LogP contribution >= 0.6 is 23.5 Å². The predicted molar refractivity (Wildman–Crippen MR) is 69.0 cm³/mol. The van der Waals surface area contributed by atoms with Crippen molar-refractivity contribution in [2.75, 3.05) is 11.5 Å². The van der Waals surface area contributed by atoms with E-state index in [9.17, 15) is 0 Å². The second-order valence-electron chi connectivity index (χ2n) is 5.25. The topological polar surface area (TPSA) is 0 Å². The Bertz CT molecular complexity index is 194. The molecule has 1 unspecified atom stereocenters. The minimum Gasteiger partial charge on any atom is -0.143 e. The minimum absolute atomic E-state index is 0.617. The van der Waals surface area contributed by atoms with E-state index < -0.39 is 0 Å². The van der Waals surface area contributed by atoms with Gasteiger partial charge < -0.3 is 0 Å². The zero-order chi connectivity index (χ0) is 10.2. The molecule has 0 nitrogen and oxygen atoms in total. The van der Waals surface area contributed by atoms with Crippen LogP contribution in [-0.4, -0.2) is 15.6 Å². The van der Waals surface area contributed by atoms with Crippen molar-refractivity contribution in [2.45, 2.75) is 44.1 Å². The highest BCUT2D eigenvalue weighted by molar-refractivity contribution is 8.21. The number of hydrogen-bond acceptors (Lipinski definition) is 2. The Morgan fingerprint density at radius 3 is 2.36 bits per heavy atom. The summed E-state index contributed by atoms with van der Waals surface area (Å²) in [6.07, 6.45) is 4.40. The van der Waals surface area contributed by atoms with Gasteiger partial charge in [-0.15, -0.1) is 23.5 Å². The van der Waals surface area contributed by atoms with Crippen LogP contribution in [-0.2, 0) is 0 Å². The Hall–Kier alpha value is 0.700. The van der Waals surface area contributed by atoms with E-state index in [0.717, 1.165) is 17.8 Å². The monoisotopic (exact) mass is 230 g/mol. The van der Waals surface area contributed by atoms with E-state index in [-0.39, 0.29) is 0 Å². The van der Waals surface area contributed by atoms with Gasteiger partial charge in [-0.2, -0.15) is 0 Å². The number of hydrogen-bond donors (Lipinski definition) is 0. The van der Waals surface area contributed by atoms with Crippen LogP contribution < -0.4 is 0 Å². The van der Waals surface area contributed by atoms with Gasteiger partial charge in [0.15, 0.2) is 0 Å². The second kappa shape index (κ2) is 4.29. The molecule has 1 aliphatic carbocycles. The zero-order valence-electron chi connectivity index (χ0n) is 9.58. The lowest BCUT2D eigenvalue weighted by Gasteiger charge is -2.44. The van der Waals surface area contributed by atoms with Crippen molar-refractivity contribution in [1.82, 2.24) is 0 Å². The summed E-state index contributed by atoms with van der Waals surface area (Å²) in [6, 6.07) is 0. The highest BCUT2D eigenvalue weighted by Gasteiger charge is 2.47. The quantitative estimate of drug-likeness (QED) is 0.660. The highest BCUT2D eigenvalue weighted by Crippen LogP contribution is 2.58.